The topological polar surface area (TPSA) is 71.5 Å². The highest BCUT2D eigenvalue weighted by molar-refractivity contribution is 6.01. The maximum absolute atomic E-state index is 13.4. The molecule has 1 aromatic heterocycles. The van der Waals surface area contributed by atoms with Gasteiger partial charge in [0.1, 0.15) is 5.75 Å². The number of amides is 2. The Morgan fingerprint density at radius 3 is 2.48 bits per heavy atom. The van der Waals surface area contributed by atoms with E-state index in [4.69, 9.17) is 4.74 Å². The van der Waals surface area contributed by atoms with Gasteiger partial charge in [0.05, 0.1) is 5.56 Å². The molecule has 0 radical (unpaired) electrons. The number of benzene rings is 2. The minimum absolute atomic E-state index is 0.0973. The molecule has 0 unspecified atom stereocenters. The van der Waals surface area contributed by atoms with Crippen molar-refractivity contribution < 1.29 is 14.3 Å². The van der Waals surface area contributed by atoms with Crippen LogP contribution in [0.15, 0.2) is 60.9 Å². The molecule has 1 saturated carbocycles. The normalized spacial score (nSPS) is 13.1. The van der Waals surface area contributed by atoms with Gasteiger partial charge in [-0.1, -0.05) is 24.3 Å². The summed E-state index contributed by atoms with van der Waals surface area (Å²) in [6.45, 7) is 3.04. The predicted molar refractivity (Wildman–Crippen MR) is 120 cm³/mol. The van der Waals surface area contributed by atoms with Gasteiger partial charge in [0, 0.05) is 31.5 Å². The lowest BCUT2D eigenvalue weighted by molar-refractivity contribution is -0.123. The minimum Gasteiger partial charge on any atom is -0.483 e. The van der Waals surface area contributed by atoms with Gasteiger partial charge in [-0.25, -0.2) is 0 Å². The summed E-state index contributed by atoms with van der Waals surface area (Å²) < 4.78 is 5.85. The number of hydrogen-bond acceptors (Lipinski definition) is 4. The maximum Gasteiger partial charge on any atom is 0.258 e. The number of likely N-dealkylation sites (N-methyl/N-ethyl adjacent to an activating group) is 1. The third-order valence-electron chi connectivity index (χ3n) is 5.47. The summed E-state index contributed by atoms with van der Waals surface area (Å²) in [7, 11) is 0. The standard InChI is InChI=1S/C25H27N3O3/c1-2-28(14-11-18-9-12-26-13-10-18)25(30)22-15-19-5-3-4-6-20(19)16-23(22)31-17-24(29)27-21-7-8-21/h3-6,9-10,12-13,15-16,21H,2,7-8,11,14,17H2,1H3,(H,27,29). The van der Waals surface area contributed by atoms with Gasteiger partial charge in [-0.3, -0.25) is 14.6 Å². The molecule has 0 aliphatic heterocycles. The van der Waals surface area contributed by atoms with Crippen molar-refractivity contribution in [3.63, 3.8) is 0 Å². The van der Waals surface area contributed by atoms with E-state index in [1.807, 2.05) is 60.4 Å². The number of rotatable bonds is 9. The molecule has 1 N–H and O–H groups in total. The van der Waals surface area contributed by atoms with Crippen LogP contribution in [0.4, 0.5) is 0 Å². The van der Waals surface area contributed by atoms with E-state index in [2.05, 4.69) is 10.3 Å². The fraction of sp³-hybridized carbons (Fsp3) is 0.320. The molecule has 31 heavy (non-hydrogen) atoms. The van der Waals surface area contributed by atoms with Crippen LogP contribution in [0.3, 0.4) is 0 Å². The average Bonchev–Trinajstić information content (AvgIpc) is 3.62. The summed E-state index contributed by atoms with van der Waals surface area (Å²) in [6.07, 6.45) is 6.31. The second kappa shape index (κ2) is 9.60. The Morgan fingerprint density at radius 2 is 1.81 bits per heavy atom. The largest absolute Gasteiger partial charge is 0.483 e. The lowest BCUT2D eigenvalue weighted by atomic mass is 10.0. The molecule has 3 aromatic rings. The lowest BCUT2D eigenvalue weighted by Crippen LogP contribution is -2.34. The van der Waals surface area contributed by atoms with Crippen LogP contribution >= 0.6 is 0 Å². The van der Waals surface area contributed by atoms with Gasteiger partial charge in [-0.2, -0.15) is 0 Å². The molecule has 2 amide bonds. The molecule has 0 bridgehead atoms. The van der Waals surface area contributed by atoms with Crippen molar-refractivity contribution in [3.05, 3.63) is 72.1 Å². The third kappa shape index (κ3) is 5.40. The van der Waals surface area contributed by atoms with Crippen LogP contribution in [0.25, 0.3) is 10.8 Å². The summed E-state index contributed by atoms with van der Waals surface area (Å²) >= 11 is 0. The van der Waals surface area contributed by atoms with E-state index >= 15 is 0 Å². The zero-order valence-corrected chi connectivity index (χ0v) is 17.7. The second-order valence-electron chi connectivity index (χ2n) is 7.82. The van der Waals surface area contributed by atoms with Crippen LogP contribution in [0.1, 0.15) is 35.7 Å². The van der Waals surface area contributed by atoms with Crippen LogP contribution in [0.5, 0.6) is 5.75 Å². The molecule has 1 fully saturated rings. The molecule has 1 aliphatic carbocycles. The number of hydrogen-bond donors (Lipinski definition) is 1. The Hall–Kier alpha value is -3.41. The maximum atomic E-state index is 13.4. The van der Waals surface area contributed by atoms with Crippen molar-refractivity contribution in [2.24, 2.45) is 0 Å². The van der Waals surface area contributed by atoms with Gasteiger partial charge in [0.15, 0.2) is 6.61 Å². The quantitative estimate of drug-likeness (QED) is 0.578. The second-order valence-corrected chi connectivity index (χ2v) is 7.82. The first kappa shape index (κ1) is 20.8. The molecule has 0 atom stereocenters. The number of pyridine rings is 1. The SMILES string of the molecule is CCN(CCc1ccncc1)C(=O)c1cc2ccccc2cc1OCC(=O)NC1CC1. The summed E-state index contributed by atoms with van der Waals surface area (Å²) in [5.41, 5.74) is 1.61. The predicted octanol–water partition coefficient (Wildman–Crippen LogP) is 3.60. The summed E-state index contributed by atoms with van der Waals surface area (Å²) in [4.78, 5) is 31.4. The van der Waals surface area contributed by atoms with Crippen LogP contribution in [0, 0.1) is 0 Å². The van der Waals surface area contributed by atoms with Crippen molar-refractivity contribution >= 4 is 22.6 Å². The molecular weight excluding hydrogens is 390 g/mol. The molecular formula is C25H27N3O3. The smallest absolute Gasteiger partial charge is 0.258 e. The van der Waals surface area contributed by atoms with Gasteiger partial charge >= 0.3 is 0 Å². The fourth-order valence-electron chi connectivity index (χ4n) is 3.53. The van der Waals surface area contributed by atoms with Gasteiger partial charge in [-0.15, -0.1) is 0 Å². The van der Waals surface area contributed by atoms with Crippen molar-refractivity contribution in [1.82, 2.24) is 15.2 Å². The Bertz CT molecular complexity index is 1060. The van der Waals surface area contributed by atoms with Crippen molar-refractivity contribution in [2.45, 2.75) is 32.2 Å². The van der Waals surface area contributed by atoms with Gasteiger partial charge < -0.3 is 15.0 Å². The van der Waals surface area contributed by atoms with E-state index in [0.717, 1.165) is 35.6 Å². The van der Waals surface area contributed by atoms with Gasteiger partial charge in [0.2, 0.25) is 0 Å². The first-order chi connectivity index (χ1) is 15.1. The summed E-state index contributed by atoms with van der Waals surface area (Å²) in [6, 6.07) is 15.7. The Morgan fingerprint density at radius 1 is 1.10 bits per heavy atom. The molecule has 1 heterocycles. The zero-order valence-electron chi connectivity index (χ0n) is 17.7. The van der Waals surface area contributed by atoms with Crippen LogP contribution in [-0.2, 0) is 11.2 Å². The number of ether oxygens (including phenoxy) is 1. The third-order valence-corrected chi connectivity index (χ3v) is 5.47. The first-order valence-corrected chi connectivity index (χ1v) is 10.8. The van der Waals surface area contributed by atoms with Crippen molar-refractivity contribution in [2.75, 3.05) is 19.7 Å². The van der Waals surface area contributed by atoms with Crippen LogP contribution in [0.2, 0.25) is 0 Å². The zero-order chi connectivity index (χ0) is 21.6. The van der Waals surface area contributed by atoms with E-state index < -0.39 is 0 Å². The molecule has 1 aliphatic rings. The van der Waals surface area contributed by atoms with Crippen LogP contribution < -0.4 is 10.1 Å². The highest BCUT2D eigenvalue weighted by atomic mass is 16.5. The van der Waals surface area contributed by atoms with Crippen LogP contribution in [-0.4, -0.2) is 47.4 Å². The number of nitrogens with one attached hydrogen (secondary N) is 1. The first-order valence-electron chi connectivity index (χ1n) is 10.8. The van der Waals surface area contributed by atoms with E-state index in [-0.39, 0.29) is 24.5 Å². The molecule has 0 saturated heterocycles. The monoisotopic (exact) mass is 417 g/mol. The minimum atomic E-state index is -0.154. The molecule has 160 valence electrons. The molecule has 6 nitrogen and oxygen atoms in total. The van der Waals surface area contributed by atoms with Crippen molar-refractivity contribution in [3.8, 4) is 5.75 Å². The van der Waals surface area contributed by atoms with Gasteiger partial charge in [0.25, 0.3) is 11.8 Å². The molecule has 4 rings (SSSR count). The van der Waals surface area contributed by atoms with E-state index in [9.17, 15) is 9.59 Å². The molecule has 0 spiro atoms. The summed E-state index contributed by atoms with van der Waals surface area (Å²) in [5, 5.41) is 4.85. The summed E-state index contributed by atoms with van der Waals surface area (Å²) in [5.74, 6) is 0.191. The Balaban J connectivity index is 1.55. The highest BCUT2D eigenvalue weighted by Gasteiger charge is 2.24. The molecule has 2 aromatic carbocycles. The average molecular weight is 418 g/mol. The Labute approximate surface area is 182 Å². The number of carbonyl (C=O) groups is 2. The number of aromatic nitrogens is 1. The van der Waals surface area contributed by atoms with Gasteiger partial charge in [-0.05, 0) is 66.8 Å². The van der Waals surface area contributed by atoms with E-state index in [0.29, 0.717) is 24.4 Å². The fourth-order valence-corrected chi connectivity index (χ4v) is 3.53. The van der Waals surface area contributed by atoms with Crippen molar-refractivity contribution in [1.29, 1.82) is 0 Å². The molecule has 6 heteroatoms. The Kier molecular flexibility index (Phi) is 6.46. The number of carbonyl (C=O) groups excluding carboxylic acids is 2. The van der Waals surface area contributed by atoms with E-state index in [1.165, 1.54) is 0 Å². The van der Waals surface area contributed by atoms with E-state index in [1.54, 1.807) is 12.4 Å². The number of nitrogens with zero attached hydrogens (tertiary/aromatic N) is 2. The lowest BCUT2D eigenvalue weighted by Gasteiger charge is -2.23. The number of fused-ring (bicyclic) bond motifs is 1. The highest BCUT2D eigenvalue weighted by Crippen LogP contribution is 2.28.